The van der Waals surface area contributed by atoms with Gasteiger partial charge in [0.15, 0.2) is 0 Å². The topological polar surface area (TPSA) is 55.1 Å². The van der Waals surface area contributed by atoms with Crippen molar-refractivity contribution in [2.24, 2.45) is 0 Å². The van der Waals surface area contributed by atoms with Crippen molar-refractivity contribution in [3.63, 3.8) is 0 Å². The van der Waals surface area contributed by atoms with Crippen LogP contribution in [0.3, 0.4) is 0 Å². The summed E-state index contributed by atoms with van der Waals surface area (Å²) in [6, 6.07) is 31.4. The van der Waals surface area contributed by atoms with E-state index < -0.39 is 5.97 Å². The molecular formula is C29H30N2O2. The normalized spacial score (nSPS) is 10.9. The Morgan fingerprint density at radius 3 is 1.79 bits per heavy atom. The molecule has 3 aromatic carbocycles. The van der Waals surface area contributed by atoms with Crippen molar-refractivity contribution < 1.29 is 9.90 Å². The van der Waals surface area contributed by atoms with Crippen molar-refractivity contribution in [1.82, 2.24) is 9.78 Å². The number of hydrogen-bond donors (Lipinski definition) is 1. The van der Waals surface area contributed by atoms with E-state index in [0.717, 1.165) is 72.3 Å². The van der Waals surface area contributed by atoms with Gasteiger partial charge in [-0.15, -0.1) is 0 Å². The third kappa shape index (κ3) is 5.78. The average molecular weight is 439 g/mol. The van der Waals surface area contributed by atoms with E-state index in [0.29, 0.717) is 0 Å². The number of nitrogens with zero attached hydrogens (tertiary/aromatic N) is 2. The van der Waals surface area contributed by atoms with Gasteiger partial charge in [-0.25, -0.2) is 0 Å². The summed E-state index contributed by atoms with van der Waals surface area (Å²) in [6.07, 6.45) is 5.10. The molecule has 1 aromatic heterocycles. The van der Waals surface area contributed by atoms with E-state index in [1.54, 1.807) is 0 Å². The summed E-state index contributed by atoms with van der Waals surface area (Å²) < 4.78 is 2.16. The van der Waals surface area contributed by atoms with E-state index >= 15 is 0 Å². The molecule has 4 nitrogen and oxygen atoms in total. The predicted octanol–water partition coefficient (Wildman–Crippen LogP) is 7.31. The molecule has 0 aliphatic heterocycles. The highest BCUT2D eigenvalue weighted by Gasteiger charge is 2.21. The summed E-state index contributed by atoms with van der Waals surface area (Å²) in [6.45, 7) is 0.829. The zero-order chi connectivity index (χ0) is 22.9. The Labute approximate surface area is 195 Å². The molecule has 0 aliphatic rings. The quantitative estimate of drug-likeness (QED) is 0.250. The lowest BCUT2D eigenvalue weighted by molar-refractivity contribution is -0.137. The second-order valence-corrected chi connectivity index (χ2v) is 8.30. The standard InChI is InChI=1S/C29H30N2O2/c32-26(33)21-13-2-1-3-14-22-31-29(25-19-11-6-12-20-25)27(23-15-7-4-8-16-23)28(30-31)24-17-9-5-10-18-24/h4-12,15-20H,1-3,13-14,21-22H2,(H,32,33). The molecule has 0 fully saturated rings. The van der Waals surface area contributed by atoms with Gasteiger partial charge in [0.25, 0.3) is 0 Å². The number of carbonyl (C=O) groups is 1. The number of aromatic nitrogens is 2. The molecular weight excluding hydrogens is 408 g/mol. The van der Waals surface area contributed by atoms with Gasteiger partial charge in [-0.3, -0.25) is 9.48 Å². The zero-order valence-corrected chi connectivity index (χ0v) is 18.9. The summed E-state index contributed by atoms with van der Waals surface area (Å²) in [7, 11) is 0. The lowest BCUT2D eigenvalue weighted by atomic mass is 9.96. The van der Waals surface area contributed by atoms with Gasteiger partial charge in [0.2, 0.25) is 0 Å². The zero-order valence-electron chi connectivity index (χ0n) is 18.9. The summed E-state index contributed by atoms with van der Waals surface area (Å²) in [4.78, 5) is 10.7. The van der Waals surface area contributed by atoms with Gasteiger partial charge in [0.1, 0.15) is 5.69 Å². The van der Waals surface area contributed by atoms with Crippen LogP contribution < -0.4 is 0 Å². The highest BCUT2D eigenvalue weighted by atomic mass is 16.4. The van der Waals surface area contributed by atoms with Gasteiger partial charge < -0.3 is 5.11 Å². The molecule has 0 atom stereocenters. The van der Waals surface area contributed by atoms with Crippen LogP contribution in [0.4, 0.5) is 0 Å². The Kier molecular flexibility index (Phi) is 7.70. The minimum absolute atomic E-state index is 0.262. The largest absolute Gasteiger partial charge is 0.481 e. The van der Waals surface area contributed by atoms with Crippen LogP contribution in [-0.2, 0) is 11.3 Å². The second-order valence-electron chi connectivity index (χ2n) is 8.30. The molecule has 0 radical (unpaired) electrons. The molecule has 0 saturated heterocycles. The number of unbranched alkanes of at least 4 members (excludes halogenated alkanes) is 4. The first-order chi connectivity index (χ1) is 16.2. The number of aliphatic carboxylic acids is 1. The van der Waals surface area contributed by atoms with Gasteiger partial charge in [-0.05, 0) is 18.4 Å². The number of carboxylic acids is 1. The summed E-state index contributed by atoms with van der Waals surface area (Å²) >= 11 is 0. The van der Waals surface area contributed by atoms with E-state index in [-0.39, 0.29) is 6.42 Å². The van der Waals surface area contributed by atoms with Crippen LogP contribution in [0.1, 0.15) is 38.5 Å². The predicted molar refractivity (Wildman–Crippen MR) is 134 cm³/mol. The van der Waals surface area contributed by atoms with Crippen LogP contribution in [0.5, 0.6) is 0 Å². The summed E-state index contributed by atoms with van der Waals surface area (Å²) in [5.74, 6) is -0.707. The third-order valence-corrected chi connectivity index (χ3v) is 5.87. The van der Waals surface area contributed by atoms with Gasteiger partial charge in [0.05, 0.1) is 5.69 Å². The molecule has 33 heavy (non-hydrogen) atoms. The first-order valence-electron chi connectivity index (χ1n) is 11.7. The van der Waals surface area contributed by atoms with E-state index in [1.165, 1.54) is 0 Å². The van der Waals surface area contributed by atoms with Crippen molar-refractivity contribution in [1.29, 1.82) is 0 Å². The smallest absolute Gasteiger partial charge is 0.303 e. The number of benzene rings is 3. The van der Waals surface area contributed by atoms with Crippen LogP contribution in [0.25, 0.3) is 33.6 Å². The molecule has 0 saturated carbocycles. The molecule has 0 bridgehead atoms. The highest BCUT2D eigenvalue weighted by Crippen LogP contribution is 2.40. The Bertz CT molecular complexity index is 1150. The molecule has 4 rings (SSSR count). The molecule has 0 unspecified atom stereocenters. The number of hydrogen-bond acceptors (Lipinski definition) is 2. The van der Waals surface area contributed by atoms with Crippen molar-refractivity contribution >= 4 is 5.97 Å². The monoisotopic (exact) mass is 438 g/mol. The van der Waals surface area contributed by atoms with E-state index in [1.807, 2.05) is 18.2 Å². The maximum atomic E-state index is 10.7. The molecule has 4 aromatic rings. The van der Waals surface area contributed by atoms with Crippen molar-refractivity contribution in [2.45, 2.75) is 45.1 Å². The molecule has 168 valence electrons. The molecule has 1 heterocycles. The minimum atomic E-state index is -0.707. The average Bonchev–Trinajstić information content (AvgIpc) is 3.24. The van der Waals surface area contributed by atoms with Gasteiger partial charge in [0, 0.05) is 29.7 Å². The number of aryl methyl sites for hydroxylation is 1. The molecule has 0 aliphatic carbocycles. The van der Waals surface area contributed by atoms with E-state index in [2.05, 4.69) is 77.5 Å². The number of carboxylic acid groups (broad SMARTS) is 1. The minimum Gasteiger partial charge on any atom is -0.481 e. The molecule has 1 N–H and O–H groups in total. The van der Waals surface area contributed by atoms with Gasteiger partial charge in [-0.1, -0.05) is 110 Å². The van der Waals surface area contributed by atoms with E-state index in [4.69, 9.17) is 10.2 Å². The maximum Gasteiger partial charge on any atom is 0.303 e. The first-order valence-corrected chi connectivity index (χ1v) is 11.7. The Morgan fingerprint density at radius 2 is 1.18 bits per heavy atom. The fraction of sp³-hybridized carbons (Fsp3) is 0.241. The van der Waals surface area contributed by atoms with Gasteiger partial charge in [-0.2, -0.15) is 5.10 Å². The van der Waals surface area contributed by atoms with Crippen molar-refractivity contribution in [2.75, 3.05) is 0 Å². The number of rotatable bonds is 11. The van der Waals surface area contributed by atoms with E-state index in [9.17, 15) is 4.79 Å². The van der Waals surface area contributed by atoms with Crippen LogP contribution in [0.15, 0.2) is 91.0 Å². The van der Waals surface area contributed by atoms with Crippen LogP contribution in [-0.4, -0.2) is 20.9 Å². The van der Waals surface area contributed by atoms with Gasteiger partial charge >= 0.3 is 5.97 Å². The summed E-state index contributed by atoms with van der Waals surface area (Å²) in [5, 5.41) is 13.9. The molecule has 4 heteroatoms. The Balaban J connectivity index is 1.67. The lowest BCUT2D eigenvalue weighted by Gasteiger charge is -2.11. The SMILES string of the molecule is O=C(O)CCCCCCCn1nc(-c2ccccc2)c(-c2ccccc2)c1-c1ccccc1. The second kappa shape index (κ2) is 11.3. The Hall–Kier alpha value is -3.66. The summed E-state index contributed by atoms with van der Waals surface area (Å²) in [5.41, 5.74) is 6.74. The van der Waals surface area contributed by atoms with Crippen LogP contribution in [0.2, 0.25) is 0 Å². The molecule has 0 spiro atoms. The van der Waals surface area contributed by atoms with Crippen LogP contribution >= 0.6 is 0 Å². The maximum absolute atomic E-state index is 10.7. The molecule has 0 amide bonds. The van der Waals surface area contributed by atoms with Crippen molar-refractivity contribution in [3.8, 4) is 33.6 Å². The van der Waals surface area contributed by atoms with Crippen LogP contribution in [0, 0.1) is 0 Å². The van der Waals surface area contributed by atoms with Crippen molar-refractivity contribution in [3.05, 3.63) is 91.0 Å². The first kappa shape index (κ1) is 22.5. The highest BCUT2D eigenvalue weighted by molar-refractivity contribution is 5.91. The third-order valence-electron chi connectivity index (χ3n) is 5.87. The fourth-order valence-corrected chi connectivity index (χ4v) is 4.26. The Morgan fingerprint density at radius 1 is 0.667 bits per heavy atom. The lowest BCUT2D eigenvalue weighted by Crippen LogP contribution is -2.03. The fourth-order valence-electron chi connectivity index (χ4n) is 4.26.